The number of likely N-dealkylation sites (tertiary alicyclic amines) is 1. The standard InChI is InChI=1S/C25H29FN2O3/c1-17-9-11-21(12-10-17)31-16-25(30)28-20(14-18-5-4-6-19(26)13-18)15-22-23(28)7-2-3-8-24(29)27-22/h4-6,9-13,20,22-23H,2-3,7-8,14-16H2,1H3,(H,27,29)/t20-,22+,23-/m1/s1. The zero-order valence-electron chi connectivity index (χ0n) is 17.9. The molecule has 2 aliphatic rings. The Kier molecular flexibility index (Phi) is 6.54. The third-order valence-electron chi connectivity index (χ3n) is 6.27. The Hall–Kier alpha value is -2.89. The maximum atomic E-state index is 13.7. The molecule has 0 aromatic heterocycles. The van der Waals surface area contributed by atoms with Crippen LogP contribution in [0, 0.1) is 12.7 Å². The van der Waals surface area contributed by atoms with Crippen molar-refractivity contribution in [1.29, 1.82) is 0 Å². The largest absolute Gasteiger partial charge is 0.484 e. The Morgan fingerprint density at radius 3 is 2.77 bits per heavy atom. The Morgan fingerprint density at radius 2 is 2.00 bits per heavy atom. The van der Waals surface area contributed by atoms with Crippen molar-refractivity contribution >= 4 is 11.8 Å². The van der Waals surface area contributed by atoms with E-state index in [-0.39, 0.29) is 42.4 Å². The number of amides is 2. The molecule has 2 saturated heterocycles. The zero-order valence-corrected chi connectivity index (χ0v) is 17.9. The molecule has 5 nitrogen and oxygen atoms in total. The van der Waals surface area contributed by atoms with Crippen LogP contribution >= 0.6 is 0 Å². The molecule has 2 aromatic rings. The van der Waals surface area contributed by atoms with Gasteiger partial charge in [-0.05, 0) is 62.4 Å². The van der Waals surface area contributed by atoms with E-state index in [1.54, 1.807) is 6.07 Å². The molecule has 3 atom stereocenters. The van der Waals surface area contributed by atoms with E-state index in [0.29, 0.717) is 25.0 Å². The lowest BCUT2D eigenvalue weighted by molar-refractivity contribution is -0.137. The van der Waals surface area contributed by atoms with Gasteiger partial charge in [0.25, 0.3) is 5.91 Å². The van der Waals surface area contributed by atoms with E-state index in [1.807, 2.05) is 42.2 Å². The van der Waals surface area contributed by atoms with Crippen molar-refractivity contribution in [2.75, 3.05) is 6.61 Å². The van der Waals surface area contributed by atoms with Gasteiger partial charge in [0.15, 0.2) is 6.61 Å². The summed E-state index contributed by atoms with van der Waals surface area (Å²) < 4.78 is 19.5. The van der Waals surface area contributed by atoms with Crippen LogP contribution < -0.4 is 10.1 Å². The molecule has 4 rings (SSSR count). The third-order valence-corrected chi connectivity index (χ3v) is 6.27. The van der Waals surface area contributed by atoms with E-state index < -0.39 is 0 Å². The quantitative estimate of drug-likeness (QED) is 0.795. The highest BCUT2D eigenvalue weighted by Crippen LogP contribution is 2.32. The first-order valence-corrected chi connectivity index (χ1v) is 11.0. The van der Waals surface area contributed by atoms with E-state index in [0.717, 1.165) is 30.4 Å². The molecule has 0 aliphatic carbocycles. The highest BCUT2D eigenvalue weighted by atomic mass is 19.1. The topological polar surface area (TPSA) is 58.6 Å². The summed E-state index contributed by atoms with van der Waals surface area (Å²) in [6.45, 7) is 1.94. The fourth-order valence-electron chi connectivity index (χ4n) is 4.80. The Labute approximate surface area is 182 Å². The van der Waals surface area contributed by atoms with Crippen molar-refractivity contribution in [2.24, 2.45) is 0 Å². The number of hydrogen-bond donors (Lipinski definition) is 1. The Balaban J connectivity index is 1.53. The van der Waals surface area contributed by atoms with Crippen LogP contribution in [0.2, 0.25) is 0 Å². The van der Waals surface area contributed by atoms with E-state index in [4.69, 9.17) is 4.74 Å². The molecule has 0 saturated carbocycles. The molecule has 0 radical (unpaired) electrons. The average molecular weight is 425 g/mol. The lowest BCUT2D eigenvalue weighted by Crippen LogP contribution is -2.50. The maximum Gasteiger partial charge on any atom is 0.261 e. The number of carbonyl (C=O) groups excluding carboxylic acids is 2. The summed E-state index contributed by atoms with van der Waals surface area (Å²) in [6.07, 6.45) is 4.33. The molecule has 2 aliphatic heterocycles. The molecule has 31 heavy (non-hydrogen) atoms. The second-order valence-electron chi connectivity index (χ2n) is 8.61. The van der Waals surface area contributed by atoms with Gasteiger partial charge in [0.1, 0.15) is 11.6 Å². The van der Waals surface area contributed by atoms with E-state index >= 15 is 0 Å². The fraction of sp³-hybridized carbons (Fsp3) is 0.440. The maximum absolute atomic E-state index is 13.7. The van der Waals surface area contributed by atoms with Gasteiger partial charge in [0.2, 0.25) is 5.91 Å². The highest BCUT2D eigenvalue weighted by molar-refractivity contribution is 5.80. The van der Waals surface area contributed by atoms with Crippen LogP contribution in [0.25, 0.3) is 0 Å². The van der Waals surface area contributed by atoms with Gasteiger partial charge in [-0.2, -0.15) is 0 Å². The number of aryl methyl sites for hydroxylation is 1. The molecule has 0 bridgehead atoms. The molecular formula is C25H29FN2O3. The number of nitrogens with one attached hydrogen (secondary N) is 1. The summed E-state index contributed by atoms with van der Waals surface area (Å²) in [5, 5.41) is 3.13. The first-order chi connectivity index (χ1) is 15.0. The average Bonchev–Trinajstić information content (AvgIpc) is 3.05. The molecule has 2 aromatic carbocycles. The summed E-state index contributed by atoms with van der Waals surface area (Å²) in [5.41, 5.74) is 1.98. The molecule has 1 N–H and O–H groups in total. The van der Waals surface area contributed by atoms with Gasteiger partial charge in [-0.1, -0.05) is 36.2 Å². The highest BCUT2D eigenvalue weighted by Gasteiger charge is 2.44. The minimum absolute atomic E-state index is 0.0457. The number of benzene rings is 2. The smallest absolute Gasteiger partial charge is 0.261 e. The number of hydrogen-bond acceptors (Lipinski definition) is 3. The van der Waals surface area contributed by atoms with Crippen molar-refractivity contribution in [3.63, 3.8) is 0 Å². The van der Waals surface area contributed by atoms with Crippen molar-refractivity contribution in [3.05, 3.63) is 65.5 Å². The van der Waals surface area contributed by atoms with Crippen LogP contribution in [0.1, 0.15) is 43.2 Å². The Bertz CT molecular complexity index is 931. The number of ether oxygens (including phenoxy) is 1. The van der Waals surface area contributed by atoms with Crippen molar-refractivity contribution < 1.29 is 18.7 Å². The molecular weight excluding hydrogens is 395 g/mol. The normalized spacial score (nSPS) is 23.5. The van der Waals surface area contributed by atoms with Gasteiger partial charge in [0.05, 0.1) is 12.1 Å². The van der Waals surface area contributed by atoms with Crippen LogP contribution in [-0.4, -0.2) is 41.4 Å². The summed E-state index contributed by atoms with van der Waals surface area (Å²) in [7, 11) is 0. The van der Waals surface area contributed by atoms with Gasteiger partial charge in [-0.15, -0.1) is 0 Å². The minimum Gasteiger partial charge on any atom is -0.484 e. The fourth-order valence-corrected chi connectivity index (χ4v) is 4.80. The van der Waals surface area contributed by atoms with Crippen molar-refractivity contribution in [1.82, 2.24) is 10.2 Å². The third kappa shape index (κ3) is 5.24. The van der Waals surface area contributed by atoms with E-state index in [2.05, 4.69) is 5.32 Å². The van der Waals surface area contributed by atoms with Gasteiger partial charge >= 0.3 is 0 Å². The summed E-state index contributed by atoms with van der Waals surface area (Å²) in [4.78, 5) is 27.4. The minimum atomic E-state index is -0.282. The van der Waals surface area contributed by atoms with E-state index in [1.165, 1.54) is 12.1 Å². The SMILES string of the molecule is Cc1ccc(OCC(=O)N2[C@H](Cc3cccc(F)c3)C[C@@H]3NC(=O)CCCC[C@H]32)cc1. The lowest BCUT2D eigenvalue weighted by Gasteiger charge is -2.33. The van der Waals surface area contributed by atoms with Crippen LogP contribution in [0.15, 0.2) is 48.5 Å². The van der Waals surface area contributed by atoms with Gasteiger partial charge in [-0.3, -0.25) is 9.59 Å². The monoisotopic (exact) mass is 424 g/mol. The number of fused-ring (bicyclic) bond motifs is 1. The predicted molar refractivity (Wildman–Crippen MR) is 116 cm³/mol. The molecule has 6 heteroatoms. The van der Waals surface area contributed by atoms with Gasteiger partial charge in [0, 0.05) is 12.5 Å². The van der Waals surface area contributed by atoms with Crippen LogP contribution in [0.3, 0.4) is 0 Å². The molecule has 0 spiro atoms. The number of nitrogens with zero attached hydrogens (tertiary/aromatic N) is 1. The van der Waals surface area contributed by atoms with Crippen molar-refractivity contribution in [3.8, 4) is 5.75 Å². The molecule has 164 valence electrons. The number of rotatable bonds is 5. The second kappa shape index (κ2) is 9.50. The van der Waals surface area contributed by atoms with E-state index in [9.17, 15) is 14.0 Å². The number of carbonyl (C=O) groups is 2. The summed E-state index contributed by atoms with van der Waals surface area (Å²) >= 11 is 0. The molecule has 2 fully saturated rings. The van der Waals surface area contributed by atoms with Gasteiger partial charge < -0.3 is 15.0 Å². The van der Waals surface area contributed by atoms with Gasteiger partial charge in [-0.25, -0.2) is 4.39 Å². The Morgan fingerprint density at radius 1 is 1.19 bits per heavy atom. The summed E-state index contributed by atoms with van der Waals surface area (Å²) in [6, 6.07) is 13.9. The summed E-state index contributed by atoms with van der Waals surface area (Å²) in [5.74, 6) is 0.325. The molecule has 2 heterocycles. The van der Waals surface area contributed by atoms with Crippen LogP contribution in [-0.2, 0) is 16.0 Å². The van der Waals surface area contributed by atoms with Crippen molar-refractivity contribution in [2.45, 2.75) is 63.6 Å². The molecule has 0 unspecified atom stereocenters. The molecule has 2 amide bonds. The zero-order chi connectivity index (χ0) is 21.8. The first-order valence-electron chi connectivity index (χ1n) is 11.0. The first kappa shape index (κ1) is 21.3. The number of halogens is 1. The second-order valence-corrected chi connectivity index (χ2v) is 8.61. The lowest BCUT2D eigenvalue weighted by atomic mass is 9.97. The van der Waals surface area contributed by atoms with Crippen LogP contribution in [0.4, 0.5) is 4.39 Å². The van der Waals surface area contributed by atoms with Crippen LogP contribution in [0.5, 0.6) is 5.75 Å². The predicted octanol–water partition coefficient (Wildman–Crippen LogP) is 3.78.